The van der Waals surface area contributed by atoms with E-state index in [0.717, 1.165) is 31.2 Å². The molecule has 1 saturated heterocycles. The van der Waals surface area contributed by atoms with Crippen LogP contribution in [-0.4, -0.2) is 53.0 Å². The van der Waals surface area contributed by atoms with E-state index in [-0.39, 0.29) is 30.3 Å². The molecule has 0 unspecified atom stereocenters. The van der Waals surface area contributed by atoms with Crippen LogP contribution in [0.3, 0.4) is 0 Å². The fourth-order valence-electron chi connectivity index (χ4n) is 5.56. The average Bonchev–Trinajstić information content (AvgIpc) is 2.82. The molecule has 2 N–H and O–H groups in total. The van der Waals surface area contributed by atoms with Gasteiger partial charge in [0.2, 0.25) is 5.91 Å². The first-order valence-electron chi connectivity index (χ1n) is 11.1. The van der Waals surface area contributed by atoms with Gasteiger partial charge in [-0.1, -0.05) is 43.2 Å². The van der Waals surface area contributed by atoms with Crippen molar-refractivity contribution in [3.63, 3.8) is 0 Å². The van der Waals surface area contributed by atoms with Crippen LogP contribution in [0, 0.1) is 5.92 Å². The summed E-state index contributed by atoms with van der Waals surface area (Å²) in [6.45, 7) is 0.702. The number of hydrogen-bond acceptors (Lipinski definition) is 5. The predicted octanol–water partition coefficient (Wildman–Crippen LogP) is 2.76. The third-order valence-electron chi connectivity index (χ3n) is 7.27. The van der Waals surface area contributed by atoms with Crippen LogP contribution in [0.15, 0.2) is 42.6 Å². The number of carbonyl (C=O) groups excluding carboxylic acids is 2. The lowest BCUT2D eigenvalue weighted by Gasteiger charge is -2.52. The topological polar surface area (TPSA) is 85.8 Å². The Bertz CT molecular complexity index is 1010. The second-order valence-corrected chi connectivity index (χ2v) is 8.90. The molecular weight excluding hydrogens is 392 g/mol. The smallest absolute Gasteiger partial charge is 0.255 e. The van der Waals surface area contributed by atoms with Gasteiger partial charge in [-0.25, -0.2) is 4.98 Å². The van der Waals surface area contributed by atoms with Gasteiger partial charge in [0.25, 0.3) is 5.91 Å². The molecule has 2 aliphatic heterocycles. The lowest BCUT2D eigenvalue weighted by Crippen LogP contribution is -2.59. The molecule has 3 heterocycles. The van der Waals surface area contributed by atoms with Crippen LogP contribution < -0.4 is 10.2 Å². The van der Waals surface area contributed by atoms with Crippen molar-refractivity contribution in [3.05, 3.63) is 53.7 Å². The number of aliphatic hydroxyl groups is 1. The van der Waals surface area contributed by atoms with Crippen molar-refractivity contribution in [2.24, 2.45) is 5.92 Å². The zero-order valence-electron chi connectivity index (χ0n) is 17.8. The molecule has 0 bridgehead atoms. The Morgan fingerprint density at radius 2 is 2.00 bits per heavy atom. The number of anilines is 2. The predicted molar refractivity (Wildman–Crippen MR) is 118 cm³/mol. The molecule has 0 spiro atoms. The van der Waals surface area contributed by atoms with Gasteiger partial charge in [0.1, 0.15) is 5.82 Å². The number of rotatable bonds is 2. The summed E-state index contributed by atoms with van der Waals surface area (Å²) in [7, 11) is 1.70. The van der Waals surface area contributed by atoms with E-state index in [2.05, 4.69) is 10.3 Å². The monoisotopic (exact) mass is 420 g/mol. The Kier molecular flexibility index (Phi) is 4.93. The third kappa shape index (κ3) is 3.28. The van der Waals surface area contributed by atoms with E-state index in [9.17, 15) is 14.7 Å². The largest absolute Gasteiger partial charge is 0.385 e. The minimum absolute atomic E-state index is 0.00581. The van der Waals surface area contributed by atoms with Gasteiger partial charge in [-0.05, 0) is 30.9 Å². The Morgan fingerprint density at radius 1 is 1.23 bits per heavy atom. The maximum atomic E-state index is 13.6. The zero-order chi connectivity index (χ0) is 21.6. The summed E-state index contributed by atoms with van der Waals surface area (Å²) in [5.41, 5.74) is 1.14. The highest BCUT2D eigenvalue weighted by atomic mass is 16.3. The average molecular weight is 421 g/mol. The second-order valence-electron chi connectivity index (χ2n) is 8.90. The number of fused-ring (bicyclic) bond motifs is 2. The van der Waals surface area contributed by atoms with Crippen molar-refractivity contribution in [2.45, 2.75) is 43.7 Å². The van der Waals surface area contributed by atoms with Gasteiger partial charge in [0.15, 0.2) is 0 Å². The summed E-state index contributed by atoms with van der Waals surface area (Å²) in [5, 5.41) is 14.7. The summed E-state index contributed by atoms with van der Waals surface area (Å²) in [5.74, 6) is 0.495. The van der Waals surface area contributed by atoms with Gasteiger partial charge in [-0.2, -0.15) is 0 Å². The van der Waals surface area contributed by atoms with Gasteiger partial charge in [-0.3, -0.25) is 9.59 Å². The molecule has 7 nitrogen and oxygen atoms in total. The minimum atomic E-state index is -0.909. The first-order valence-corrected chi connectivity index (χ1v) is 11.1. The molecule has 0 radical (unpaired) electrons. The van der Waals surface area contributed by atoms with Crippen molar-refractivity contribution in [2.75, 3.05) is 30.4 Å². The number of piperidine rings is 1. The number of hydrogen-bond donors (Lipinski definition) is 2. The Morgan fingerprint density at radius 3 is 2.81 bits per heavy atom. The Labute approximate surface area is 182 Å². The van der Waals surface area contributed by atoms with Crippen molar-refractivity contribution < 1.29 is 14.7 Å². The minimum Gasteiger partial charge on any atom is -0.385 e. The first-order chi connectivity index (χ1) is 15.0. The van der Waals surface area contributed by atoms with Gasteiger partial charge in [-0.15, -0.1) is 0 Å². The quantitative estimate of drug-likeness (QED) is 0.780. The van der Waals surface area contributed by atoms with Crippen molar-refractivity contribution in [3.8, 4) is 0 Å². The SMILES string of the molecule is CN1C(=O)CNc2ncc(C(=O)N3CC[C@@](O)(c4ccccc4)[C@H]4CCCC[C@H]43)cc21. The number of nitrogens with zero attached hydrogens (tertiary/aromatic N) is 3. The molecule has 1 aliphatic carbocycles. The van der Waals surface area contributed by atoms with Gasteiger partial charge in [0, 0.05) is 31.7 Å². The standard InChI is InChI=1S/C24H28N4O3/c1-27-20-13-16(14-25-22(20)26-15-21(27)29)23(30)28-12-11-24(31,17-7-3-2-4-8-17)18-9-5-6-10-19(18)28/h2-4,7-8,13-14,18-19,31H,5-6,9-12,15H2,1H3,(H,25,26)/t18-,19+,24+/m0/s1. The zero-order valence-corrected chi connectivity index (χ0v) is 17.8. The van der Waals surface area contributed by atoms with Crippen LogP contribution >= 0.6 is 0 Å². The van der Waals surface area contributed by atoms with Crippen LogP contribution in [0.25, 0.3) is 0 Å². The normalized spacial score (nSPS) is 27.9. The van der Waals surface area contributed by atoms with E-state index in [1.807, 2.05) is 35.2 Å². The number of pyridine rings is 1. The number of amides is 2. The third-order valence-corrected chi connectivity index (χ3v) is 7.27. The van der Waals surface area contributed by atoms with E-state index in [4.69, 9.17) is 0 Å². The fourth-order valence-corrected chi connectivity index (χ4v) is 5.56. The molecule has 1 aromatic heterocycles. The molecule has 7 heteroatoms. The first kappa shape index (κ1) is 20.0. The summed E-state index contributed by atoms with van der Waals surface area (Å²) in [6, 6.07) is 11.6. The summed E-state index contributed by atoms with van der Waals surface area (Å²) in [4.78, 5) is 33.5. The summed E-state index contributed by atoms with van der Waals surface area (Å²) in [6.07, 6.45) is 6.03. The molecule has 3 aliphatic rings. The number of aromatic nitrogens is 1. The highest BCUT2D eigenvalue weighted by Crippen LogP contribution is 2.47. The Hall–Kier alpha value is -2.93. The number of nitrogens with one attached hydrogen (secondary N) is 1. The number of likely N-dealkylation sites (tertiary alicyclic amines) is 1. The van der Waals surface area contributed by atoms with E-state index in [1.54, 1.807) is 24.2 Å². The van der Waals surface area contributed by atoms with Crippen LogP contribution in [-0.2, 0) is 10.4 Å². The molecule has 31 heavy (non-hydrogen) atoms. The van der Waals surface area contributed by atoms with Crippen LogP contribution in [0.2, 0.25) is 0 Å². The second kappa shape index (κ2) is 7.64. The maximum absolute atomic E-state index is 13.6. The van der Waals surface area contributed by atoms with Crippen LogP contribution in [0.1, 0.15) is 48.0 Å². The fraction of sp³-hybridized carbons (Fsp3) is 0.458. The van der Waals surface area contributed by atoms with Crippen LogP contribution in [0.4, 0.5) is 11.5 Å². The molecular formula is C24H28N4O3. The lowest BCUT2D eigenvalue weighted by atomic mass is 9.66. The highest BCUT2D eigenvalue weighted by Gasteiger charge is 2.50. The molecule has 162 valence electrons. The van der Waals surface area contributed by atoms with Crippen molar-refractivity contribution in [1.82, 2.24) is 9.88 Å². The number of benzene rings is 1. The molecule has 1 aromatic carbocycles. The molecule has 2 aromatic rings. The highest BCUT2D eigenvalue weighted by molar-refractivity contribution is 6.03. The summed E-state index contributed by atoms with van der Waals surface area (Å²) < 4.78 is 0. The van der Waals surface area contributed by atoms with E-state index < -0.39 is 5.60 Å². The van der Waals surface area contributed by atoms with E-state index >= 15 is 0 Å². The number of likely N-dealkylation sites (N-methyl/N-ethyl adjacent to an activating group) is 1. The molecule has 5 rings (SSSR count). The van der Waals surface area contributed by atoms with E-state index in [0.29, 0.717) is 30.0 Å². The van der Waals surface area contributed by atoms with Gasteiger partial charge < -0.3 is 20.2 Å². The van der Waals surface area contributed by atoms with Crippen molar-refractivity contribution in [1.29, 1.82) is 0 Å². The van der Waals surface area contributed by atoms with Crippen LogP contribution in [0.5, 0.6) is 0 Å². The lowest BCUT2D eigenvalue weighted by molar-refractivity contribution is -0.116. The molecule has 1 saturated carbocycles. The molecule has 3 atom stereocenters. The van der Waals surface area contributed by atoms with Crippen molar-refractivity contribution >= 4 is 23.3 Å². The van der Waals surface area contributed by atoms with E-state index in [1.165, 1.54) is 0 Å². The Balaban J connectivity index is 1.45. The molecule has 2 amide bonds. The summed E-state index contributed by atoms with van der Waals surface area (Å²) >= 11 is 0. The molecule has 2 fully saturated rings. The maximum Gasteiger partial charge on any atom is 0.255 e. The van der Waals surface area contributed by atoms with Gasteiger partial charge >= 0.3 is 0 Å². The van der Waals surface area contributed by atoms with Gasteiger partial charge in [0.05, 0.1) is 23.4 Å². The number of carbonyl (C=O) groups is 2.